The fourth-order valence-electron chi connectivity index (χ4n) is 2.80. The zero-order valence-corrected chi connectivity index (χ0v) is 17.9. The Kier molecular flexibility index (Phi) is 5.43. The standard InChI is InChI=1S/C20H20N4S3/c1-4-17-9-15(10-25-17)18-22-23-20(24(18)3)27-12-16-11-26-19(21-16)14-7-5-6-13(2)8-14/h5-11H,4,12H2,1-3H3. The van der Waals surface area contributed by atoms with Crippen LogP contribution in [0.4, 0.5) is 0 Å². The molecule has 0 fully saturated rings. The second kappa shape index (κ2) is 7.96. The van der Waals surface area contributed by atoms with E-state index in [2.05, 4.69) is 69.7 Å². The minimum absolute atomic E-state index is 0.790. The van der Waals surface area contributed by atoms with E-state index in [0.717, 1.165) is 39.4 Å². The molecular weight excluding hydrogens is 392 g/mol. The number of hydrogen-bond acceptors (Lipinski definition) is 6. The minimum atomic E-state index is 0.790. The van der Waals surface area contributed by atoms with Gasteiger partial charge in [0.05, 0.1) is 5.69 Å². The van der Waals surface area contributed by atoms with Crippen molar-refractivity contribution in [2.24, 2.45) is 7.05 Å². The molecule has 0 saturated heterocycles. The van der Waals surface area contributed by atoms with Crippen LogP contribution in [0.3, 0.4) is 0 Å². The molecule has 0 spiro atoms. The highest BCUT2D eigenvalue weighted by atomic mass is 32.2. The second-order valence-corrected chi connectivity index (χ2v) is 9.12. The van der Waals surface area contributed by atoms with Gasteiger partial charge in [-0.25, -0.2) is 4.98 Å². The normalized spacial score (nSPS) is 11.2. The summed E-state index contributed by atoms with van der Waals surface area (Å²) in [4.78, 5) is 6.16. The van der Waals surface area contributed by atoms with Gasteiger partial charge in [-0.1, -0.05) is 42.4 Å². The highest BCUT2D eigenvalue weighted by molar-refractivity contribution is 7.98. The molecule has 0 aliphatic carbocycles. The fraction of sp³-hybridized carbons (Fsp3) is 0.250. The summed E-state index contributed by atoms with van der Waals surface area (Å²) in [6.07, 6.45) is 1.05. The summed E-state index contributed by atoms with van der Waals surface area (Å²) in [5.41, 5.74) is 4.66. The van der Waals surface area contributed by atoms with Gasteiger partial charge in [0, 0.05) is 39.6 Å². The maximum absolute atomic E-state index is 4.79. The Hall–Kier alpha value is -1.96. The van der Waals surface area contributed by atoms with Gasteiger partial charge in [0.1, 0.15) is 5.01 Å². The predicted molar refractivity (Wildman–Crippen MR) is 116 cm³/mol. The van der Waals surface area contributed by atoms with Crippen molar-refractivity contribution in [1.82, 2.24) is 19.7 Å². The van der Waals surface area contributed by atoms with Gasteiger partial charge >= 0.3 is 0 Å². The van der Waals surface area contributed by atoms with Gasteiger partial charge in [0.25, 0.3) is 0 Å². The number of aromatic nitrogens is 4. The van der Waals surface area contributed by atoms with E-state index in [4.69, 9.17) is 4.98 Å². The number of nitrogens with zero attached hydrogens (tertiary/aromatic N) is 4. The molecule has 0 amide bonds. The van der Waals surface area contributed by atoms with Crippen LogP contribution in [0.5, 0.6) is 0 Å². The minimum Gasteiger partial charge on any atom is -0.305 e. The molecular formula is C20H20N4S3. The van der Waals surface area contributed by atoms with E-state index in [1.54, 1.807) is 34.4 Å². The first-order valence-electron chi connectivity index (χ1n) is 8.75. The molecule has 27 heavy (non-hydrogen) atoms. The van der Waals surface area contributed by atoms with E-state index in [-0.39, 0.29) is 0 Å². The van der Waals surface area contributed by atoms with Gasteiger partial charge in [0.15, 0.2) is 11.0 Å². The van der Waals surface area contributed by atoms with Crippen LogP contribution in [0, 0.1) is 6.92 Å². The van der Waals surface area contributed by atoms with E-state index in [9.17, 15) is 0 Å². The van der Waals surface area contributed by atoms with Gasteiger partial charge in [-0.05, 0) is 25.5 Å². The van der Waals surface area contributed by atoms with Crippen LogP contribution in [-0.4, -0.2) is 19.7 Å². The van der Waals surface area contributed by atoms with Crippen molar-refractivity contribution in [1.29, 1.82) is 0 Å². The molecule has 0 saturated carbocycles. The van der Waals surface area contributed by atoms with Crippen molar-refractivity contribution < 1.29 is 0 Å². The number of aryl methyl sites for hydroxylation is 2. The van der Waals surface area contributed by atoms with Gasteiger partial charge < -0.3 is 4.57 Å². The van der Waals surface area contributed by atoms with Gasteiger partial charge in [-0.3, -0.25) is 0 Å². The molecule has 138 valence electrons. The van der Waals surface area contributed by atoms with Crippen LogP contribution < -0.4 is 0 Å². The molecule has 4 rings (SSSR count). The van der Waals surface area contributed by atoms with E-state index >= 15 is 0 Å². The summed E-state index contributed by atoms with van der Waals surface area (Å²) in [6.45, 7) is 4.28. The zero-order valence-electron chi connectivity index (χ0n) is 15.5. The van der Waals surface area contributed by atoms with E-state index in [0.29, 0.717) is 0 Å². The maximum Gasteiger partial charge on any atom is 0.191 e. The lowest BCUT2D eigenvalue weighted by Gasteiger charge is -2.01. The summed E-state index contributed by atoms with van der Waals surface area (Å²) >= 11 is 5.15. The molecule has 1 aromatic carbocycles. The average Bonchev–Trinajstić information content (AvgIpc) is 3.40. The number of thiazole rings is 1. The lowest BCUT2D eigenvalue weighted by molar-refractivity contribution is 0.793. The first-order valence-corrected chi connectivity index (χ1v) is 11.5. The second-order valence-electron chi connectivity index (χ2n) is 6.32. The van der Waals surface area contributed by atoms with Crippen molar-refractivity contribution in [2.45, 2.75) is 31.2 Å². The third kappa shape index (κ3) is 4.00. The number of rotatable bonds is 6. The number of benzene rings is 1. The number of hydrogen-bond donors (Lipinski definition) is 0. The monoisotopic (exact) mass is 412 g/mol. The smallest absolute Gasteiger partial charge is 0.191 e. The molecule has 0 bridgehead atoms. The Balaban J connectivity index is 1.47. The van der Waals surface area contributed by atoms with Crippen LogP contribution in [0.25, 0.3) is 22.0 Å². The predicted octanol–water partition coefficient (Wildman–Crippen LogP) is 5.83. The molecule has 0 N–H and O–H groups in total. The third-order valence-corrected chi connectivity index (χ3v) is 7.34. The first-order chi connectivity index (χ1) is 13.1. The van der Waals surface area contributed by atoms with Crippen molar-refractivity contribution in [3.63, 3.8) is 0 Å². The Morgan fingerprint density at radius 2 is 1.96 bits per heavy atom. The summed E-state index contributed by atoms with van der Waals surface area (Å²) in [5, 5.41) is 15.0. The molecule has 4 nitrogen and oxygen atoms in total. The van der Waals surface area contributed by atoms with Crippen molar-refractivity contribution >= 4 is 34.4 Å². The average molecular weight is 413 g/mol. The molecule has 0 radical (unpaired) electrons. The Bertz CT molecular complexity index is 1060. The SMILES string of the molecule is CCc1cc(-c2nnc(SCc3csc(-c4cccc(C)c4)n3)n2C)cs1. The highest BCUT2D eigenvalue weighted by Gasteiger charge is 2.14. The molecule has 0 atom stereocenters. The van der Waals surface area contributed by atoms with Crippen LogP contribution in [0.1, 0.15) is 23.1 Å². The molecule has 4 aromatic rings. The van der Waals surface area contributed by atoms with Crippen LogP contribution in [0.15, 0.2) is 46.2 Å². The van der Waals surface area contributed by atoms with Crippen LogP contribution in [-0.2, 0) is 19.2 Å². The largest absolute Gasteiger partial charge is 0.305 e. The summed E-state index contributed by atoms with van der Waals surface area (Å²) in [6, 6.07) is 10.7. The molecule has 3 aromatic heterocycles. The lowest BCUT2D eigenvalue weighted by atomic mass is 10.1. The van der Waals surface area contributed by atoms with Crippen molar-refractivity contribution in [3.8, 4) is 22.0 Å². The van der Waals surface area contributed by atoms with Crippen molar-refractivity contribution in [2.75, 3.05) is 0 Å². The number of thioether (sulfide) groups is 1. The van der Waals surface area contributed by atoms with E-state index in [1.165, 1.54) is 16.0 Å². The Labute approximate surface area is 171 Å². The number of thiophene rings is 1. The summed E-state index contributed by atoms with van der Waals surface area (Å²) in [7, 11) is 2.03. The topological polar surface area (TPSA) is 43.6 Å². The highest BCUT2D eigenvalue weighted by Crippen LogP contribution is 2.30. The van der Waals surface area contributed by atoms with Gasteiger partial charge in [-0.2, -0.15) is 0 Å². The Morgan fingerprint density at radius 1 is 1.07 bits per heavy atom. The quantitative estimate of drug-likeness (QED) is 0.374. The van der Waals surface area contributed by atoms with Gasteiger partial charge in [-0.15, -0.1) is 32.9 Å². The lowest BCUT2D eigenvalue weighted by Crippen LogP contribution is -1.94. The molecule has 0 unspecified atom stereocenters. The summed E-state index contributed by atoms with van der Waals surface area (Å²) in [5.74, 6) is 1.71. The fourth-order valence-corrected chi connectivity index (χ4v) is 5.34. The van der Waals surface area contributed by atoms with E-state index < -0.39 is 0 Å². The van der Waals surface area contributed by atoms with Crippen LogP contribution in [0.2, 0.25) is 0 Å². The molecule has 0 aliphatic heterocycles. The molecule has 7 heteroatoms. The molecule has 3 heterocycles. The first kappa shape index (κ1) is 18.4. The van der Waals surface area contributed by atoms with Gasteiger partial charge in [0.2, 0.25) is 0 Å². The van der Waals surface area contributed by atoms with E-state index in [1.807, 2.05) is 7.05 Å². The third-order valence-electron chi connectivity index (χ3n) is 4.26. The maximum atomic E-state index is 4.79. The summed E-state index contributed by atoms with van der Waals surface area (Å²) < 4.78 is 2.07. The Morgan fingerprint density at radius 3 is 2.74 bits per heavy atom. The van der Waals surface area contributed by atoms with Crippen molar-refractivity contribution in [3.05, 3.63) is 57.2 Å². The molecule has 0 aliphatic rings. The zero-order chi connectivity index (χ0) is 18.8. The van der Waals surface area contributed by atoms with Crippen LogP contribution >= 0.6 is 34.4 Å².